The minimum absolute atomic E-state index is 0.200. The average molecular weight is 454 g/mol. The Morgan fingerprint density at radius 2 is 1.78 bits per heavy atom. The van der Waals surface area contributed by atoms with Crippen molar-refractivity contribution in [2.75, 3.05) is 11.1 Å². The lowest BCUT2D eigenvalue weighted by atomic mass is 9.95. The van der Waals surface area contributed by atoms with Gasteiger partial charge in [-0.2, -0.15) is 0 Å². The van der Waals surface area contributed by atoms with Crippen molar-refractivity contribution in [3.63, 3.8) is 0 Å². The molecule has 7 nitrogen and oxygen atoms in total. The van der Waals surface area contributed by atoms with Crippen LogP contribution in [0.15, 0.2) is 40.3 Å². The maximum absolute atomic E-state index is 13.0. The van der Waals surface area contributed by atoms with Crippen LogP contribution < -0.4 is 10.9 Å². The first-order valence-corrected chi connectivity index (χ1v) is 12.2. The molecule has 1 aliphatic carbocycles. The molecule has 1 fully saturated rings. The highest BCUT2D eigenvalue weighted by molar-refractivity contribution is 7.99. The topological polar surface area (TPSA) is 73.8 Å². The molecule has 0 aliphatic heterocycles. The number of hydrogen-bond acceptors (Lipinski definition) is 4. The van der Waals surface area contributed by atoms with E-state index in [1.165, 1.54) is 49.6 Å². The molecular weight excluding hydrogens is 422 g/mol. The number of rotatable bonds is 6. The van der Waals surface area contributed by atoms with Gasteiger partial charge >= 0.3 is 0 Å². The van der Waals surface area contributed by atoms with Crippen LogP contribution in [0.3, 0.4) is 0 Å². The van der Waals surface area contributed by atoms with Gasteiger partial charge in [0.05, 0.1) is 22.8 Å². The molecular formula is C24H31N5O2S. The van der Waals surface area contributed by atoms with Crippen molar-refractivity contribution in [2.45, 2.75) is 64.1 Å². The first kappa shape index (κ1) is 22.5. The molecule has 0 atom stereocenters. The number of benzene rings is 1. The molecule has 170 valence electrons. The highest BCUT2D eigenvalue weighted by Gasteiger charge is 2.23. The Kier molecular flexibility index (Phi) is 6.60. The zero-order chi connectivity index (χ0) is 22.8. The minimum atomic E-state index is -0.232. The predicted octanol–water partition coefficient (Wildman–Crippen LogP) is 4.53. The van der Waals surface area contributed by atoms with Gasteiger partial charge < -0.3 is 9.88 Å². The molecule has 0 bridgehead atoms. The molecule has 0 unspecified atom stereocenters. The number of aromatic nitrogens is 4. The van der Waals surface area contributed by atoms with E-state index in [2.05, 4.69) is 16.8 Å². The van der Waals surface area contributed by atoms with Crippen LogP contribution >= 0.6 is 11.8 Å². The molecule has 2 heterocycles. The monoisotopic (exact) mass is 453 g/mol. The molecule has 32 heavy (non-hydrogen) atoms. The second-order valence-electron chi connectivity index (χ2n) is 8.50. The normalized spacial score (nSPS) is 14.6. The molecule has 3 aromatic rings. The van der Waals surface area contributed by atoms with Crippen molar-refractivity contribution in [1.29, 1.82) is 0 Å². The van der Waals surface area contributed by atoms with Gasteiger partial charge in [-0.1, -0.05) is 49.2 Å². The Bertz CT molecular complexity index is 1170. The van der Waals surface area contributed by atoms with E-state index < -0.39 is 0 Å². The summed E-state index contributed by atoms with van der Waals surface area (Å²) in [6.07, 6.45) is 6.11. The lowest BCUT2D eigenvalue weighted by molar-refractivity contribution is -0.113. The van der Waals surface area contributed by atoms with Crippen LogP contribution in [0.5, 0.6) is 0 Å². The summed E-state index contributed by atoms with van der Waals surface area (Å²) in [6, 6.07) is 9.89. The largest absolute Gasteiger partial charge is 0.320 e. The Labute approximate surface area is 192 Å². The summed E-state index contributed by atoms with van der Waals surface area (Å²) < 4.78 is 5.66. The van der Waals surface area contributed by atoms with Gasteiger partial charge in [-0.25, -0.2) is 9.67 Å². The Morgan fingerprint density at radius 1 is 1.09 bits per heavy atom. The Balaban J connectivity index is 1.50. The van der Waals surface area contributed by atoms with Crippen LogP contribution in [0, 0.1) is 20.8 Å². The lowest BCUT2D eigenvalue weighted by Crippen LogP contribution is -2.23. The van der Waals surface area contributed by atoms with E-state index in [1.807, 2.05) is 51.2 Å². The van der Waals surface area contributed by atoms with Gasteiger partial charge in [-0.05, 0) is 45.7 Å². The molecule has 1 N–H and O–H groups in total. The fraction of sp³-hybridized carbons (Fsp3) is 0.458. The van der Waals surface area contributed by atoms with Crippen LogP contribution in [-0.2, 0) is 11.8 Å². The summed E-state index contributed by atoms with van der Waals surface area (Å²) in [5.41, 5.74) is 3.77. The van der Waals surface area contributed by atoms with Crippen LogP contribution in [-0.4, -0.2) is 30.6 Å². The van der Waals surface area contributed by atoms with E-state index in [0.717, 1.165) is 16.5 Å². The van der Waals surface area contributed by atoms with Crippen molar-refractivity contribution >= 4 is 23.4 Å². The van der Waals surface area contributed by atoms with E-state index in [-0.39, 0.29) is 17.2 Å². The van der Waals surface area contributed by atoms with Crippen LogP contribution in [0.4, 0.5) is 5.69 Å². The third-order valence-electron chi connectivity index (χ3n) is 6.45. The molecule has 1 aliphatic rings. The maximum atomic E-state index is 13.0. The van der Waals surface area contributed by atoms with Gasteiger partial charge in [-0.15, -0.1) is 0 Å². The molecule has 0 radical (unpaired) electrons. The number of carbonyl (C=O) groups excluding carboxylic acids is 1. The molecule has 1 amide bonds. The molecule has 1 saturated carbocycles. The summed E-state index contributed by atoms with van der Waals surface area (Å²) in [6.45, 7) is 5.98. The van der Waals surface area contributed by atoms with Crippen LogP contribution in [0.25, 0.3) is 5.69 Å². The van der Waals surface area contributed by atoms with Gasteiger partial charge in [0.1, 0.15) is 5.69 Å². The fourth-order valence-corrected chi connectivity index (χ4v) is 5.44. The second-order valence-corrected chi connectivity index (χ2v) is 9.44. The van der Waals surface area contributed by atoms with Gasteiger partial charge in [0, 0.05) is 18.8 Å². The van der Waals surface area contributed by atoms with Crippen molar-refractivity contribution < 1.29 is 4.79 Å². The van der Waals surface area contributed by atoms with E-state index in [4.69, 9.17) is 4.98 Å². The van der Waals surface area contributed by atoms with Gasteiger partial charge in [0.15, 0.2) is 5.16 Å². The number of para-hydroxylation sites is 1. The van der Waals surface area contributed by atoms with E-state index in [1.54, 1.807) is 9.36 Å². The van der Waals surface area contributed by atoms with Gasteiger partial charge in [0.25, 0.3) is 5.56 Å². The number of carbonyl (C=O) groups is 1. The molecule has 8 heteroatoms. The van der Waals surface area contributed by atoms with E-state index in [0.29, 0.717) is 17.4 Å². The van der Waals surface area contributed by atoms with Gasteiger partial charge in [-0.3, -0.25) is 14.3 Å². The lowest BCUT2D eigenvalue weighted by Gasteiger charge is -2.26. The zero-order valence-electron chi connectivity index (χ0n) is 19.2. The highest BCUT2D eigenvalue weighted by atomic mass is 32.2. The minimum Gasteiger partial charge on any atom is -0.320 e. The summed E-state index contributed by atoms with van der Waals surface area (Å²) in [7, 11) is 1.82. The van der Waals surface area contributed by atoms with Crippen molar-refractivity contribution in [3.05, 3.63) is 57.8 Å². The standard InChI is InChI=1S/C24H31N5O2S/c1-16-17(2)28(19-11-7-5-8-12-19)24(25-16)32-15-21(30)26-22-18(3)27(4)29(23(22)31)20-13-9-6-10-14-20/h6,9-10,13-14,19H,5,7-8,11-12,15H2,1-4H3,(H,26,30). The smallest absolute Gasteiger partial charge is 0.295 e. The average Bonchev–Trinajstić information content (AvgIpc) is 3.20. The zero-order valence-corrected chi connectivity index (χ0v) is 20.0. The van der Waals surface area contributed by atoms with Crippen molar-refractivity contribution in [2.24, 2.45) is 7.05 Å². The number of aryl methyl sites for hydroxylation is 1. The number of anilines is 1. The predicted molar refractivity (Wildman–Crippen MR) is 129 cm³/mol. The first-order chi connectivity index (χ1) is 15.4. The second kappa shape index (κ2) is 9.40. The number of amides is 1. The van der Waals surface area contributed by atoms with E-state index in [9.17, 15) is 9.59 Å². The molecule has 0 saturated heterocycles. The molecule has 2 aromatic heterocycles. The molecule has 4 rings (SSSR count). The quantitative estimate of drug-likeness (QED) is 0.557. The first-order valence-electron chi connectivity index (χ1n) is 11.2. The number of hydrogen-bond donors (Lipinski definition) is 1. The Hall–Kier alpha value is -2.74. The Morgan fingerprint density at radius 3 is 2.47 bits per heavy atom. The maximum Gasteiger partial charge on any atom is 0.295 e. The molecule has 1 aromatic carbocycles. The highest BCUT2D eigenvalue weighted by Crippen LogP contribution is 2.34. The summed E-state index contributed by atoms with van der Waals surface area (Å²) in [5.74, 6) is 0.0105. The summed E-state index contributed by atoms with van der Waals surface area (Å²) in [4.78, 5) is 30.6. The SMILES string of the molecule is Cc1nc(SCC(=O)Nc2c(C)n(C)n(-c3ccccc3)c2=O)n(C2CCCCC2)c1C. The third-order valence-corrected chi connectivity index (χ3v) is 7.40. The molecule has 0 spiro atoms. The van der Waals surface area contributed by atoms with E-state index >= 15 is 0 Å². The van der Waals surface area contributed by atoms with Crippen LogP contribution in [0.2, 0.25) is 0 Å². The third kappa shape index (κ3) is 4.28. The number of imidazole rings is 1. The summed E-state index contributed by atoms with van der Waals surface area (Å²) in [5, 5.41) is 3.75. The number of nitrogens with one attached hydrogen (secondary N) is 1. The van der Waals surface area contributed by atoms with Crippen molar-refractivity contribution in [1.82, 2.24) is 18.9 Å². The van der Waals surface area contributed by atoms with Crippen LogP contribution in [0.1, 0.15) is 55.2 Å². The fourth-order valence-electron chi connectivity index (χ4n) is 4.48. The van der Waals surface area contributed by atoms with Gasteiger partial charge in [0.2, 0.25) is 5.91 Å². The van der Waals surface area contributed by atoms with Crippen molar-refractivity contribution in [3.8, 4) is 5.69 Å². The number of nitrogens with zero attached hydrogens (tertiary/aromatic N) is 4. The number of thioether (sulfide) groups is 1. The summed E-state index contributed by atoms with van der Waals surface area (Å²) >= 11 is 1.45.